The number of imidazole rings is 1. The van der Waals surface area contributed by atoms with Gasteiger partial charge in [-0.15, -0.1) is 0 Å². The van der Waals surface area contributed by atoms with Gasteiger partial charge in [-0.25, -0.2) is 4.98 Å². The van der Waals surface area contributed by atoms with Gasteiger partial charge in [0.1, 0.15) is 17.2 Å². The minimum atomic E-state index is -4.36. The maximum Gasteiger partial charge on any atom is 0.416 e. The molecule has 1 fully saturated rings. The van der Waals surface area contributed by atoms with E-state index < -0.39 is 11.7 Å². The lowest BCUT2D eigenvalue weighted by molar-refractivity contribution is -0.137. The van der Waals surface area contributed by atoms with Crippen molar-refractivity contribution in [1.29, 1.82) is 0 Å². The van der Waals surface area contributed by atoms with E-state index in [2.05, 4.69) is 10.3 Å². The number of benzene rings is 1. The molecule has 0 unspecified atom stereocenters. The molecule has 0 amide bonds. The van der Waals surface area contributed by atoms with Gasteiger partial charge in [-0.05, 0) is 60.4 Å². The summed E-state index contributed by atoms with van der Waals surface area (Å²) in [6.45, 7) is 0. The Hall–Kier alpha value is -3.35. The van der Waals surface area contributed by atoms with Crippen LogP contribution < -0.4 is 5.32 Å². The molecule has 5 rings (SSSR count). The van der Waals surface area contributed by atoms with Gasteiger partial charge in [-0.1, -0.05) is 31.4 Å². The summed E-state index contributed by atoms with van der Waals surface area (Å²) < 4.78 is 41.2. The van der Waals surface area contributed by atoms with E-state index in [0.29, 0.717) is 17.3 Å². The van der Waals surface area contributed by atoms with E-state index in [1.807, 2.05) is 34.9 Å². The number of pyridine rings is 2. The van der Waals surface area contributed by atoms with Gasteiger partial charge in [-0.3, -0.25) is 9.38 Å². The number of anilines is 1. The molecule has 1 saturated carbocycles. The number of halogens is 3. The Morgan fingerprint density at radius 3 is 2.19 bits per heavy atom. The maximum atomic E-state index is 13.0. The Bertz CT molecular complexity index is 1210. The van der Waals surface area contributed by atoms with Crippen LogP contribution in [0.1, 0.15) is 37.7 Å². The third kappa shape index (κ3) is 4.07. The molecule has 0 atom stereocenters. The van der Waals surface area contributed by atoms with Crippen LogP contribution >= 0.6 is 0 Å². The summed E-state index contributed by atoms with van der Waals surface area (Å²) in [5, 5.41) is 3.66. The highest BCUT2D eigenvalue weighted by Crippen LogP contribution is 2.35. The number of alkyl halides is 3. The van der Waals surface area contributed by atoms with Gasteiger partial charge in [0, 0.05) is 30.2 Å². The van der Waals surface area contributed by atoms with Crippen LogP contribution in [0.4, 0.5) is 19.0 Å². The second kappa shape index (κ2) is 8.30. The summed E-state index contributed by atoms with van der Waals surface area (Å²) in [5.74, 6) is 0.822. The molecule has 4 aromatic rings. The molecule has 1 N–H and O–H groups in total. The zero-order valence-electron chi connectivity index (χ0n) is 17.4. The minimum absolute atomic E-state index is 0.321. The first-order valence-electron chi connectivity index (χ1n) is 10.9. The van der Waals surface area contributed by atoms with E-state index in [1.165, 1.54) is 31.4 Å². The minimum Gasteiger partial charge on any atom is -0.367 e. The lowest BCUT2D eigenvalue weighted by Crippen LogP contribution is -2.23. The molecule has 1 aromatic carbocycles. The summed E-state index contributed by atoms with van der Waals surface area (Å²) in [5.41, 5.74) is 3.46. The zero-order valence-corrected chi connectivity index (χ0v) is 17.4. The first kappa shape index (κ1) is 20.5. The van der Waals surface area contributed by atoms with Gasteiger partial charge >= 0.3 is 6.18 Å². The predicted octanol–water partition coefficient (Wildman–Crippen LogP) is 6.83. The fourth-order valence-electron chi connectivity index (χ4n) is 4.36. The zero-order chi connectivity index (χ0) is 22.1. The van der Waals surface area contributed by atoms with Gasteiger partial charge in [0.05, 0.1) is 5.56 Å². The molecule has 0 bridgehead atoms. The third-order valence-electron chi connectivity index (χ3n) is 6.06. The van der Waals surface area contributed by atoms with Gasteiger partial charge in [0.25, 0.3) is 0 Å². The lowest BCUT2D eigenvalue weighted by Gasteiger charge is -2.24. The van der Waals surface area contributed by atoms with Crippen molar-refractivity contribution in [2.75, 3.05) is 5.32 Å². The van der Waals surface area contributed by atoms with E-state index in [9.17, 15) is 13.2 Å². The Labute approximate surface area is 184 Å². The molecular formula is C25H23F3N4. The van der Waals surface area contributed by atoms with Crippen molar-refractivity contribution in [2.24, 2.45) is 0 Å². The summed E-state index contributed by atoms with van der Waals surface area (Å²) in [6, 6.07) is 13.4. The topological polar surface area (TPSA) is 42.2 Å². The van der Waals surface area contributed by atoms with E-state index in [0.717, 1.165) is 47.6 Å². The standard InChI is InChI=1S/C25H23F3N4/c26-25(27,28)20-9-6-18(7-10-20)23-24(30-21-4-2-1-3-5-21)32-16-19(8-11-22(32)31-23)17-12-14-29-15-13-17/h6-16,21,30H,1-5H2. The molecule has 1 aliphatic carbocycles. The molecule has 3 aromatic heterocycles. The molecule has 7 heteroatoms. The molecule has 3 heterocycles. The van der Waals surface area contributed by atoms with Crippen LogP contribution in [-0.4, -0.2) is 20.4 Å². The fraction of sp³-hybridized carbons (Fsp3) is 0.280. The molecule has 164 valence electrons. The van der Waals surface area contributed by atoms with Crippen LogP contribution in [0.25, 0.3) is 28.0 Å². The normalized spacial score (nSPS) is 15.2. The van der Waals surface area contributed by atoms with Crippen molar-refractivity contribution in [1.82, 2.24) is 14.4 Å². The largest absolute Gasteiger partial charge is 0.416 e. The maximum absolute atomic E-state index is 13.0. The summed E-state index contributed by atoms with van der Waals surface area (Å²) in [6.07, 6.45) is 6.90. The first-order chi connectivity index (χ1) is 15.5. The van der Waals surface area contributed by atoms with Crippen molar-refractivity contribution in [3.05, 3.63) is 72.7 Å². The number of hydrogen-bond donors (Lipinski definition) is 1. The highest BCUT2D eigenvalue weighted by molar-refractivity contribution is 5.78. The molecule has 1 aliphatic rings. The van der Waals surface area contributed by atoms with Crippen LogP contribution in [0.15, 0.2) is 67.1 Å². The molecule has 32 heavy (non-hydrogen) atoms. The van der Waals surface area contributed by atoms with E-state index >= 15 is 0 Å². The van der Waals surface area contributed by atoms with Crippen molar-refractivity contribution in [2.45, 2.75) is 44.3 Å². The average Bonchev–Trinajstić information content (AvgIpc) is 3.17. The highest BCUT2D eigenvalue weighted by Gasteiger charge is 2.30. The fourth-order valence-corrected chi connectivity index (χ4v) is 4.36. The Morgan fingerprint density at radius 2 is 1.50 bits per heavy atom. The highest BCUT2D eigenvalue weighted by atomic mass is 19.4. The molecule has 4 nitrogen and oxygen atoms in total. The Kier molecular flexibility index (Phi) is 5.33. The average molecular weight is 436 g/mol. The third-order valence-corrected chi connectivity index (χ3v) is 6.06. The van der Waals surface area contributed by atoms with Crippen LogP contribution in [0.2, 0.25) is 0 Å². The smallest absolute Gasteiger partial charge is 0.367 e. The summed E-state index contributed by atoms with van der Waals surface area (Å²) in [7, 11) is 0. The SMILES string of the molecule is FC(F)(F)c1ccc(-c2nc3ccc(-c4ccncc4)cn3c2NC2CCCCC2)cc1. The lowest BCUT2D eigenvalue weighted by atomic mass is 9.95. The van der Waals surface area contributed by atoms with Gasteiger partial charge in [-0.2, -0.15) is 13.2 Å². The number of rotatable bonds is 4. The number of fused-ring (bicyclic) bond motifs is 1. The number of hydrogen-bond acceptors (Lipinski definition) is 3. The number of nitrogens with zero attached hydrogens (tertiary/aromatic N) is 3. The Balaban J connectivity index is 1.61. The van der Waals surface area contributed by atoms with Crippen molar-refractivity contribution < 1.29 is 13.2 Å². The van der Waals surface area contributed by atoms with Crippen LogP contribution in [0.5, 0.6) is 0 Å². The Morgan fingerprint density at radius 1 is 0.812 bits per heavy atom. The van der Waals surface area contributed by atoms with E-state index in [1.54, 1.807) is 12.4 Å². The monoisotopic (exact) mass is 436 g/mol. The molecule has 0 radical (unpaired) electrons. The molecule has 0 saturated heterocycles. The second-order valence-electron chi connectivity index (χ2n) is 8.25. The van der Waals surface area contributed by atoms with Crippen LogP contribution in [-0.2, 0) is 6.18 Å². The molecule has 0 aliphatic heterocycles. The summed E-state index contributed by atoms with van der Waals surface area (Å²) in [4.78, 5) is 8.87. The van der Waals surface area contributed by atoms with Crippen molar-refractivity contribution in [3.8, 4) is 22.4 Å². The second-order valence-corrected chi connectivity index (χ2v) is 8.25. The van der Waals surface area contributed by atoms with Crippen molar-refractivity contribution >= 4 is 11.5 Å². The first-order valence-corrected chi connectivity index (χ1v) is 10.9. The van der Waals surface area contributed by atoms with Gasteiger partial charge < -0.3 is 5.32 Å². The van der Waals surface area contributed by atoms with Crippen LogP contribution in [0.3, 0.4) is 0 Å². The predicted molar refractivity (Wildman–Crippen MR) is 119 cm³/mol. The van der Waals surface area contributed by atoms with Crippen molar-refractivity contribution in [3.63, 3.8) is 0 Å². The number of nitrogens with one attached hydrogen (secondary N) is 1. The quantitative estimate of drug-likeness (QED) is 0.381. The van der Waals surface area contributed by atoms with E-state index in [-0.39, 0.29) is 0 Å². The number of aromatic nitrogens is 3. The van der Waals surface area contributed by atoms with Gasteiger partial charge in [0.15, 0.2) is 0 Å². The molecule has 0 spiro atoms. The van der Waals surface area contributed by atoms with Crippen LogP contribution in [0, 0.1) is 0 Å². The summed E-state index contributed by atoms with van der Waals surface area (Å²) >= 11 is 0. The molecular weight excluding hydrogens is 413 g/mol. The van der Waals surface area contributed by atoms with Gasteiger partial charge in [0.2, 0.25) is 0 Å². The van der Waals surface area contributed by atoms with E-state index in [4.69, 9.17) is 4.98 Å².